The number of hydrogen-bond acceptors (Lipinski definition) is 5. The van der Waals surface area contributed by atoms with Gasteiger partial charge < -0.3 is 9.84 Å². The van der Waals surface area contributed by atoms with Crippen LogP contribution < -0.4 is 21.7 Å². The lowest BCUT2D eigenvalue weighted by molar-refractivity contribution is -0.138. The van der Waals surface area contributed by atoms with E-state index in [0.29, 0.717) is 15.6 Å². The molecular formula is C24H18BrF3N4O6. The van der Waals surface area contributed by atoms with E-state index in [1.54, 1.807) is 13.1 Å². The number of alkyl halides is 3. The molecule has 0 amide bonds. The number of benzene rings is 2. The molecule has 2 aromatic carbocycles. The second kappa shape index (κ2) is 8.75. The number of rotatable bonds is 3. The first-order valence-corrected chi connectivity index (χ1v) is 11.9. The van der Waals surface area contributed by atoms with Crippen molar-refractivity contribution in [3.63, 3.8) is 0 Å². The summed E-state index contributed by atoms with van der Waals surface area (Å²) in [4.78, 5) is 50.6. The number of fused-ring (bicyclic) bond motifs is 2. The fraction of sp³-hybridized carbons (Fsp3) is 0.250. The highest BCUT2D eigenvalue weighted by molar-refractivity contribution is 9.10. The van der Waals surface area contributed by atoms with Crippen molar-refractivity contribution in [2.24, 2.45) is 14.1 Å². The predicted octanol–water partition coefficient (Wildman–Crippen LogP) is 3.56. The minimum absolute atomic E-state index is 0.00718. The molecule has 1 atom stereocenters. The first-order valence-electron chi connectivity index (χ1n) is 11.1. The Balaban J connectivity index is 1.78. The maximum absolute atomic E-state index is 13.7. The standard InChI is InChI=1S/C24H18BrF3N4O6/c1-29-17-5-3-12(9-18(17)30(2)21(29)34)31-10-19(38-23(36)37)20(33)32(22(31)35)16-6-4-13-14(16)7-11(25)8-15(13)24(26,27)28/h3,5,7-10,16H,4,6H2,1-2H3,(H,36,37). The van der Waals surface area contributed by atoms with Gasteiger partial charge in [-0.2, -0.15) is 13.2 Å². The molecule has 2 aromatic heterocycles. The van der Waals surface area contributed by atoms with Crippen molar-refractivity contribution >= 4 is 33.1 Å². The molecule has 4 aromatic rings. The summed E-state index contributed by atoms with van der Waals surface area (Å²) in [6, 6.07) is 5.79. The highest BCUT2D eigenvalue weighted by atomic mass is 79.9. The van der Waals surface area contributed by atoms with Crippen molar-refractivity contribution in [3.05, 3.63) is 89.0 Å². The van der Waals surface area contributed by atoms with Gasteiger partial charge in [0.15, 0.2) is 0 Å². The number of ether oxygens (including phenoxy) is 1. The van der Waals surface area contributed by atoms with Gasteiger partial charge in [-0.15, -0.1) is 0 Å². The lowest BCUT2D eigenvalue weighted by Gasteiger charge is -2.19. The lowest BCUT2D eigenvalue weighted by Crippen LogP contribution is -2.42. The van der Waals surface area contributed by atoms with Crippen LogP contribution in [0, 0.1) is 0 Å². The summed E-state index contributed by atoms with van der Waals surface area (Å²) in [5.41, 5.74) is -1.98. The van der Waals surface area contributed by atoms with Crippen molar-refractivity contribution < 1.29 is 27.8 Å². The van der Waals surface area contributed by atoms with Crippen molar-refractivity contribution in [1.82, 2.24) is 18.3 Å². The van der Waals surface area contributed by atoms with Crippen molar-refractivity contribution in [3.8, 4) is 11.4 Å². The van der Waals surface area contributed by atoms with Crippen molar-refractivity contribution in [2.45, 2.75) is 25.1 Å². The smallest absolute Gasteiger partial charge is 0.449 e. The molecule has 0 saturated heterocycles. The van der Waals surface area contributed by atoms with Gasteiger partial charge in [-0.05, 0) is 54.3 Å². The van der Waals surface area contributed by atoms with Crippen LogP contribution in [0.5, 0.6) is 5.75 Å². The van der Waals surface area contributed by atoms with Crippen LogP contribution in [-0.2, 0) is 26.7 Å². The molecule has 1 aliphatic rings. The summed E-state index contributed by atoms with van der Waals surface area (Å²) in [5, 5.41) is 9.18. The molecule has 1 N–H and O–H groups in total. The molecule has 5 rings (SSSR count). The molecule has 0 aliphatic heterocycles. The Morgan fingerprint density at radius 1 is 1.05 bits per heavy atom. The van der Waals surface area contributed by atoms with E-state index in [0.717, 1.165) is 16.8 Å². The summed E-state index contributed by atoms with van der Waals surface area (Å²) in [6.45, 7) is 0. The van der Waals surface area contributed by atoms with Crippen LogP contribution in [0.2, 0.25) is 0 Å². The third kappa shape index (κ3) is 3.95. The zero-order chi connectivity index (χ0) is 27.7. The van der Waals surface area contributed by atoms with Gasteiger partial charge >= 0.3 is 23.7 Å². The number of halogens is 4. The molecule has 14 heteroatoms. The van der Waals surface area contributed by atoms with Gasteiger partial charge in [-0.3, -0.25) is 18.5 Å². The van der Waals surface area contributed by atoms with E-state index in [2.05, 4.69) is 20.7 Å². The van der Waals surface area contributed by atoms with Crippen molar-refractivity contribution in [2.75, 3.05) is 0 Å². The number of carbonyl (C=O) groups is 1. The van der Waals surface area contributed by atoms with Gasteiger partial charge in [0, 0.05) is 18.6 Å². The number of carboxylic acid groups (broad SMARTS) is 1. The number of hydrogen-bond donors (Lipinski definition) is 1. The molecular weight excluding hydrogens is 577 g/mol. The second-order valence-corrected chi connectivity index (χ2v) is 9.75. The minimum atomic E-state index is -4.66. The van der Waals surface area contributed by atoms with E-state index < -0.39 is 40.9 Å². The zero-order valence-corrected chi connectivity index (χ0v) is 21.3. The molecule has 0 fully saturated rings. The van der Waals surface area contributed by atoms with Crippen LogP contribution in [0.4, 0.5) is 18.0 Å². The van der Waals surface area contributed by atoms with Gasteiger partial charge in [0.2, 0.25) is 5.75 Å². The minimum Gasteiger partial charge on any atom is -0.449 e. The first-order chi connectivity index (χ1) is 17.8. The predicted molar refractivity (Wildman–Crippen MR) is 132 cm³/mol. The third-order valence-electron chi connectivity index (χ3n) is 6.71. The number of aromatic nitrogens is 4. The van der Waals surface area contributed by atoms with Gasteiger partial charge in [0.05, 0.1) is 34.5 Å². The fourth-order valence-corrected chi connectivity index (χ4v) is 5.49. The van der Waals surface area contributed by atoms with Crippen LogP contribution in [0.3, 0.4) is 0 Å². The number of aryl methyl sites for hydroxylation is 2. The Bertz CT molecular complexity index is 1830. The van der Waals surface area contributed by atoms with Gasteiger partial charge in [0.1, 0.15) is 0 Å². The second-order valence-electron chi connectivity index (χ2n) is 8.84. The molecule has 0 saturated carbocycles. The quantitative estimate of drug-likeness (QED) is 0.362. The fourth-order valence-electron chi connectivity index (χ4n) is 5.01. The van der Waals surface area contributed by atoms with Gasteiger partial charge in [-0.1, -0.05) is 15.9 Å². The molecule has 0 bridgehead atoms. The van der Waals surface area contributed by atoms with E-state index >= 15 is 0 Å². The first kappa shape index (κ1) is 25.6. The number of imidazole rings is 1. The van der Waals surface area contributed by atoms with Crippen LogP contribution >= 0.6 is 15.9 Å². The summed E-state index contributed by atoms with van der Waals surface area (Å²) in [6.07, 6.45) is -5.63. The Hall–Kier alpha value is -4.07. The van der Waals surface area contributed by atoms with Gasteiger partial charge in [0.25, 0.3) is 5.56 Å². The summed E-state index contributed by atoms with van der Waals surface area (Å²) >= 11 is 3.08. The maximum Gasteiger partial charge on any atom is 0.511 e. The lowest BCUT2D eigenvalue weighted by atomic mass is 10.0. The van der Waals surface area contributed by atoms with Crippen molar-refractivity contribution in [1.29, 1.82) is 0 Å². The third-order valence-corrected chi connectivity index (χ3v) is 7.17. The largest absolute Gasteiger partial charge is 0.511 e. The Labute approximate surface area is 218 Å². The summed E-state index contributed by atoms with van der Waals surface area (Å²) < 4.78 is 50.4. The highest BCUT2D eigenvalue weighted by Gasteiger charge is 2.39. The molecule has 2 heterocycles. The van der Waals surface area contributed by atoms with E-state index in [9.17, 15) is 37.5 Å². The Kier molecular flexibility index (Phi) is 5.89. The van der Waals surface area contributed by atoms with Crippen LogP contribution in [-0.4, -0.2) is 29.5 Å². The normalized spacial score (nSPS) is 15.2. The van der Waals surface area contributed by atoms with Crippen LogP contribution in [0.1, 0.15) is 29.2 Å². The monoisotopic (exact) mass is 594 g/mol. The van der Waals surface area contributed by atoms with E-state index in [-0.39, 0.29) is 39.8 Å². The molecule has 10 nitrogen and oxygen atoms in total. The van der Waals surface area contributed by atoms with E-state index in [4.69, 9.17) is 0 Å². The Morgan fingerprint density at radius 2 is 1.74 bits per heavy atom. The number of nitrogens with zero attached hydrogens (tertiary/aromatic N) is 4. The van der Waals surface area contributed by atoms with Crippen LogP contribution in [0.15, 0.2) is 55.4 Å². The molecule has 0 radical (unpaired) electrons. The molecule has 198 valence electrons. The summed E-state index contributed by atoms with van der Waals surface area (Å²) in [7, 11) is 3.10. The topological polar surface area (TPSA) is 117 Å². The Morgan fingerprint density at radius 3 is 2.39 bits per heavy atom. The van der Waals surface area contributed by atoms with E-state index in [1.807, 2.05) is 0 Å². The molecule has 38 heavy (non-hydrogen) atoms. The molecule has 1 unspecified atom stereocenters. The van der Waals surface area contributed by atoms with Crippen LogP contribution in [0.25, 0.3) is 16.7 Å². The summed E-state index contributed by atoms with van der Waals surface area (Å²) in [5.74, 6) is -0.710. The molecule has 0 spiro atoms. The van der Waals surface area contributed by atoms with Gasteiger partial charge in [-0.25, -0.2) is 19.0 Å². The molecule has 1 aliphatic carbocycles. The zero-order valence-electron chi connectivity index (χ0n) is 19.7. The SMILES string of the molecule is Cn1c(=O)n(C)c2cc(-n3cc(OC(=O)O)c(=O)n(C4CCc5c4cc(Br)cc5C(F)(F)F)c3=O)ccc21. The average molecular weight is 595 g/mol. The maximum atomic E-state index is 13.7. The average Bonchev–Trinajstić information content (AvgIpc) is 3.34. The van der Waals surface area contributed by atoms with E-state index in [1.165, 1.54) is 34.4 Å². The highest BCUT2D eigenvalue weighted by Crippen LogP contribution is 2.43.